The highest BCUT2D eigenvalue weighted by Gasteiger charge is 2.43. The van der Waals surface area contributed by atoms with E-state index in [0.717, 1.165) is 102 Å². The summed E-state index contributed by atoms with van der Waals surface area (Å²) in [6.45, 7) is 20.9. The van der Waals surface area contributed by atoms with Gasteiger partial charge in [-0.25, -0.2) is 0 Å². The van der Waals surface area contributed by atoms with Crippen LogP contribution in [0.2, 0.25) is 0 Å². The molecule has 6 heteroatoms. The topological polar surface area (TPSA) is 75.8 Å². The Balaban J connectivity index is 1.15. The standard InChI is InChI=1S/C66H66N6/c1-64(2,3)61(70-55-40-67-58(43-25-13-10-14-26-43)52-34-22-19-31-49(52)55)46-37-47(62(65(4,5)6)71-56-41-68-59(44-27-15-11-16-28-44)53-35-23-20-32-50(53)56)39-48(38-46)63(66(7,8)9)72-57-42-69-60(45-29-17-12-18-30-45)54-36-24-21-33-51(54)57/h10-36,40-42,46-48H,37-39H2,1-9H3. The highest BCUT2D eigenvalue weighted by Crippen LogP contribution is 2.47. The third-order valence-corrected chi connectivity index (χ3v) is 14.4. The number of rotatable bonds is 9. The lowest BCUT2D eigenvalue weighted by Crippen LogP contribution is -2.43. The third kappa shape index (κ3) is 9.92. The SMILES string of the molecule is CC(C)(C)C(=Nc1cnc(-c2ccccc2)c2ccccc12)C1CC(C(=Nc2cnc(-c3ccccc3)c3ccccc23)C(C)(C)C)CC(C(=Nc2cnc(-c3ccccc3)c3ccccc23)C(C)(C)C)C1. The fourth-order valence-corrected chi connectivity index (χ4v) is 11.3. The van der Waals surface area contributed by atoms with Gasteiger partial charge in [0.1, 0.15) is 0 Å². The Bertz CT molecular complexity index is 3120. The van der Waals surface area contributed by atoms with E-state index < -0.39 is 0 Å². The molecule has 0 N–H and O–H groups in total. The lowest BCUT2D eigenvalue weighted by molar-refractivity contribution is 0.301. The number of aromatic nitrogens is 3. The summed E-state index contributed by atoms with van der Waals surface area (Å²) >= 11 is 0. The van der Waals surface area contributed by atoms with Gasteiger partial charge in [0.05, 0.1) is 52.7 Å². The molecular weight excluding hydrogens is 877 g/mol. The second kappa shape index (κ2) is 19.6. The van der Waals surface area contributed by atoms with Crippen molar-refractivity contribution < 1.29 is 0 Å². The summed E-state index contributed by atoms with van der Waals surface area (Å²) in [7, 11) is 0. The molecule has 0 aliphatic heterocycles. The Kier molecular flexibility index (Phi) is 13.1. The summed E-state index contributed by atoms with van der Waals surface area (Å²) in [6.07, 6.45) is 8.68. The van der Waals surface area contributed by atoms with Crippen molar-refractivity contribution in [1.29, 1.82) is 0 Å². The molecule has 0 amide bonds. The van der Waals surface area contributed by atoms with Crippen LogP contribution in [0.15, 0.2) is 197 Å². The van der Waals surface area contributed by atoms with Crippen LogP contribution in [0.3, 0.4) is 0 Å². The van der Waals surface area contributed by atoms with Gasteiger partial charge in [0.15, 0.2) is 0 Å². The van der Waals surface area contributed by atoms with Crippen LogP contribution in [0.1, 0.15) is 81.6 Å². The Labute approximate surface area is 426 Å². The molecule has 0 unspecified atom stereocenters. The van der Waals surface area contributed by atoms with Crippen molar-refractivity contribution in [3.8, 4) is 33.8 Å². The molecule has 1 aliphatic carbocycles. The molecule has 0 spiro atoms. The van der Waals surface area contributed by atoms with Crippen molar-refractivity contribution >= 4 is 66.5 Å². The van der Waals surface area contributed by atoms with Crippen molar-refractivity contribution in [3.63, 3.8) is 0 Å². The lowest BCUT2D eigenvalue weighted by atomic mass is 9.62. The largest absolute Gasteiger partial charge is 0.255 e. The summed E-state index contributed by atoms with van der Waals surface area (Å²) < 4.78 is 0. The van der Waals surface area contributed by atoms with E-state index in [9.17, 15) is 0 Å². The van der Waals surface area contributed by atoms with Gasteiger partial charge in [-0.15, -0.1) is 0 Å². The normalized spacial score (nSPS) is 17.5. The second-order valence-electron chi connectivity index (χ2n) is 22.7. The zero-order valence-corrected chi connectivity index (χ0v) is 43.4. The molecule has 3 aromatic heterocycles. The van der Waals surface area contributed by atoms with Crippen LogP contribution in [-0.4, -0.2) is 32.1 Å². The molecule has 1 saturated carbocycles. The molecule has 6 aromatic carbocycles. The Hall–Kier alpha value is -7.44. The van der Waals surface area contributed by atoms with Gasteiger partial charge in [0, 0.05) is 82.4 Å². The summed E-state index contributed by atoms with van der Waals surface area (Å²) in [6, 6.07) is 57.2. The minimum absolute atomic E-state index is 0.104. The number of aliphatic imine (C=N–C) groups is 3. The van der Waals surface area contributed by atoms with E-state index in [0.29, 0.717) is 0 Å². The first-order valence-electron chi connectivity index (χ1n) is 25.7. The fourth-order valence-electron chi connectivity index (χ4n) is 11.3. The Morgan fingerprint density at radius 1 is 0.319 bits per heavy atom. The van der Waals surface area contributed by atoms with Crippen molar-refractivity contribution in [2.75, 3.05) is 0 Å². The minimum atomic E-state index is -0.269. The van der Waals surface area contributed by atoms with Crippen molar-refractivity contribution in [1.82, 2.24) is 15.0 Å². The number of benzene rings is 6. The quantitative estimate of drug-likeness (QED) is 0.135. The molecule has 6 nitrogen and oxygen atoms in total. The molecule has 3 heterocycles. The first kappa shape index (κ1) is 48.2. The number of pyridine rings is 3. The van der Waals surface area contributed by atoms with Crippen LogP contribution < -0.4 is 0 Å². The first-order chi connectivity index (χ1) is 34.6. The summed E-state index contributed by atoms with van der Waals surface area (Å²) in [5, 5.41) is 6.59. The zero-order valence-electron chi connectivity index (χ0n) is 43.4. The number of hydrogen-bond donors (Lipinski definition) is 0. The van der Waals surface area contributed by atoms with Gasteiger partial charge >= 0.3 is 0 Å². The Morgan fingerprint density at radius 2 is 0.542 bits per heavy atom. The van der Waals surface area contributed by atoms with Gasteiger partial charge in [-0.3, -0.25) is 29.9 Å². The van der Waals surface area contributed by atoms with E-state index in [4.69, 9.17) is 29.9 Å². The summed E-state index contributed by atoms with van der Waals surface area (Å²) in [5.74, 6) is 0.311. The van der Waals surface area contributed by atoms with Gasteiger partial charge in [-0.2, -0.15) is 0 Å². The molecule has 1 fully saturated rings. The predicted octanol–water partition coefficient (Wildman–Crippen LogP) is 18.1. The molecule has 10 rings (SSSR count). The van der Waals surface area contributed by atoms with E-state index in [1.165, 1.54) is 17.1 Å². The molecule has 0 radical (unpaired) electrons. The minimum Gasteiger partial charge on any atom is -0.255 e. The predicted molar refractivity (Wildman–Crippen MR) is 306 cm³/mol. The van der Waals surface area contributed by atoms with E-state index in [1.54, 1.807) is 0 Å². The van der Waals surface area contributed by atoms with Crippen LogP contribution in [0, 0.1) is 34.0 Å². The van der Waals surface area contributed by atoms with Gasteiger partial charge in [0.25, 0.3) is 0 Å². The number of nitrogens with zero attached hydrogens (tertiary/aromatic N) is 6. The van der Waals surface area contributed by atoms with Crippen molar-refractivity contribution in [2.45, 2.75) is 81.6 Å². The fraction of sp³-hybridized carbons (Fsp3) is 0.273. The van der Waals surface area contributed by atoms with Gasteiger partial charge in [-0.05, 0) is 37.0 Å². The van der Waals surface area contributed by atoms with Crippen LogP contribution in [0.4, 0.5) is 17.1 Å². The maximum absolute atomic E-state index is 5.81. The van der Waals surface area contributed by atoms with E-state index in [1.807, 2.05) is 18.6 Å². The molecule has 0 saturated heterocycles. The smallest absolute Gasteiger partial charge is 0.0891 e. The number of hydrogen-bond acceptors (Lipinski definition) is 6. The highest BCUT2D eigenvalue weighted by molar-refractivity contribution is 6.07. The third-order valence-electron chi connectivity index (χ3n) is 14.4. The average Bonchev–Trinajstić information content (AvgIpc) is 3.38. The molecule has 72 heavy (non-hydrogen) atoms. The lowest BCUT2D eigenvalue weighted by Gasteiger charge is -2.43. The Morgan fingerprint density at radius 3 is 0.778 bits per heavy atom. The van der Waals surface area contributed by atoms with E-state index in [2.05, 4.69) is 226 Å². The molecule has 0 bridgehead atoms. The molecule has 1 aliphatic rings. The van der Waals surface area contributed by atoms with Crippen molar-refractivity contribution in [3.05, 3.63) is 182 Å². The second-order valence-corrected chi connectivity index (χ2v) is 22.7. The van der Waals surface area contributed by atoms with Gasteiger partial charge < -0.3 is 0 Å². The van der Waals surface area contributed by atoms with Crippen LogP contribution in [-0.2, 0) is 0 Å². The van der Waals surface area contributed by atoms with Crippen LogP contribution in [0.25, 0.3) is 66.1 Å². The number of fused-ring (bicyclic) bond motifs is 3. The van der Waals surface area contributed by atoms with Crippen LogP contribution >= 0.6 is 0 Å². The monoisotopic (exact) mass is 943 g/mol. The van der Waals surface area contributed by atoms with Crippen LogP contribution in [0.5, 0.6) is 0 Å². The average molecular weight is 943 g/mol. The van der Waals surface area contributed by atoms with E-state index in [-0.39, 0.29) is 34.0 Å². The van der Waals surface area contributed by atoms with Gasteiger partial charge in [0.2, 0.25) is 0 Å². The van der Waals surface area contributed by atoms with Gasteiger partial charge in [-0.1, -0.05) is 226 Å². The first-order valence-corrected chi connectivity index (χ1v) is 25.7. The zero-order chi connectivity index (χ0) is 50.2. The highest BCUT2D eigenvalue weighted by atomic mass is 14.9. The molecule has 0 atom stereocenters. The molecular formula is C66H66N6. The summed E-state index contributed by atoms with van der Waals surface area (Å²) in [5.41, 5.74) is 11.6. The molecule has 360 valence electrons. The summed E-state index contributed by atoms with van der Waals surface area (Å²) in [4.78, 5) is 32.9. The van der Waals surface area contributed by atoms with Crippen molar-refractivity contribution in [2.24, 2.45) is 49.0 Å². The maximum Gasteiger partial charge on any atom is 0.0891 e. The maximum atomic E-state index is 5.81. The van der Waals surface area contributed by atoms with E-state index >= 15 is 0 Å². The molecule has 9 aromatic rings.